The van der Waals surface area contributed by atoms with E-state index in [1.54, 1.807) is 30.6 Å². The molecule has 0 aliphatic heterocycles. The molecule has 0 atom stereocenters. The van der Waals surface area contributed by atoms with Crippen molar-refractivity contribution in [2.24, 2.45) is 0 Å². The monoisotopic (exact) mass is 466 g/mol. The van der Waals surface area contributed by atoms with E-state index >= 15 is 0 Å². The molecule has 0 fully saturated rings. The lowest BCUT2D eigenvalue weighted by Gasteiger charge is -2.06. The molecule has 0 bridgehead atoms. The molecule has 8 nitrogen and oxygen atoms in total. The summed E-state index contributed by atoms with van der Waals surface area (Å²) in [5.41, 5.74) is 3.28. The second-order valence-corrected chi connectivity index (χ2v) is 8.90. The van der Waals surface area contributed by atoms with Gasteiger partial charge in [0.1, 0.15) is 21.7 Å². The number of nitriles is 1. The number of nitrogens with zero attached hydrogens (tertiary/aromatic N) is 3. The number of carbonyl (C=O) groups is 1. The van der Waals surface area contributed by atoms with E-state index in [1.165, 1.54) is 39.7 Å². The second kappa shape index (κ2) is 9.30. The van der Waals surface area contributed by atoms with Crippen molar-refractivity contribution in [1.29, 1.82) is 5.26 Å². The Bertz CT molecular complexity index is 1250. The molecule has 32 heavy (non-hydrogen) atoms. The SMILES string of the molecule is CCOC(=O)c1c(N/C=C(\C#N)c2nc(-c3ccc([N+](=O)[O-])cc3)cs2)sc2c1CCC2. The van der Waals surface area contributed by atoms with Gasteiger partial charge < -0.3 is 10.1 Å². The highest BCUT2D eigenvalue weighted by Gasteiger charge is 2.27. The molecule has 0 unspecified atom stereocenters. The Hall–Kier alpha value is -3.55. The van der Waals surface area contributed by atoms with Gasteiger partial charge in [-0.15, -0.1) is 22.7 Å². The highest BCUT2D eigenvalue weighted by Crippen LogP contribution is 2.40. The molecular weight excluding hydrogens is 448 g/mol. The third kappa shape index (κ3) is 4.26. The predicted molar refractivity (Wildman–Crippen MR) is 124 cm³/mol. The van der Waals surface area contributed by atoms with Crippen LogP contribution in [0.2, 0.25) is 0 Å². The van der Waals surface area contributed by atoms with Crippen LogP contribution in [0.1, 0.15) is 39.2 Å². The Labute approximate surface area is 192 Å². The van der Waals surface area contributed by atoms with E-state index in [1.807, 2.05) is 0 Å². The third-order valence-corrected chi connectivity index (χ3v) is 7.08. The van der Waals surface area contributed by atoms with Crippen molar-refractivity contribution >= 4 is 44.9 Å². The van der Waals surface area contributed by atoms with Gasteiger partial charge in [-0.25, -0.2) is 9.78 Å². The molecule has 4 rings (SSSR count). The number of rotatable bonds is 7. The zero-order valence-electron chi connectivity index (χ0n) is 17.1. The summed E-state index contributed by atoms with van der Waals surface area (Å²) in [6.07, 6.45) is 4.37. The number of hydrogen-bond donors (Lipinski definition) is 1. The standard InChI is InChI=1S/C22H18N4O4S2/c1-2-30-22(27)19-16-4-3-5-18(16)32-21(19)24-11-14(10-23)20-25-17(12-31-20)13-6-8-15(9-7-13)26(28)29/h6-9,11-12,24H,2-5H2,1H3/b14-11+. The molecule has 2 heterocycles. The minimum atomic E-state index is -0.455. The maximum Gasteiger partial charge on any atom is 0.341 e. The van der Waals surface area contributed by atoms with E-state index in [2.05, 4.69) is 16.4 Å². The zero-order valence-corrected chi connectivity index (χ0v) is 18.7. The number of fused-ring (bicyclic) bond motifs is 1. The molecule has 1 N–H and O–H groups in total. The fraction of sp³-hybridized carbons (Fsp3) is 0.227. The van der Waals surface area contributed by atoms with Gasteiger partial charge >= 0.3 is 5.97 Å². The number of ether oxygens (including phenoxy) is 1. The van der Waals surface area contributed by atoms with Gasteiger partial charge in [0.2, 0.25) is 0 Å². The summed E-state index contributed by atoms with van der Waals surface area (Å²) in [4.78, 5) is 28.6. The number of aryl methyl sites for hydroxylation is 1. The van der Waals surface area contributed by atoms with Crippen molar-refractivity contribution in [1.82, 2.24) is 4.98 Å². The lowest BCUT2D eigenvalue weighted by molar-refractivity contribution is -0.384. The van der Waals surface area contributed by atoms with Gasteiger partial charge in [-0.1, -0.05) is 0 Å². The summed E-state index contributed by atoms with van der Waals surface area (Å²) >= 11 is 2.82. The van der Waals surface area contributed by atoms with Gasteiger partial charge in [-0.05, 0) is 43.9 Å². The number of benzene rings is 1. The number of thiophene rings is 1. The van der Waals surface area contributed by atoms with Crippen LogP contribution in [0.3, 0.4) is 0 Å². The van der Waals surface area contributed by atoms with Crippen LogP contribution in [0.25, 0.3) is 16.8 Å². The van der Waals surface area contributed by atoms with Gasteiger partial charge in [0.25, 0.3) is 5.69 Å². The molecule has 162 valence electrons. The number of hydrogen-bond acceptors (Lipinski definition) is 9. The number of nitro benzene ring substituents is 1. The van der Waals surface area contributed by atoms with Gasteiger partial charge in [-0.2, -0.15) is 5.26 Å². The topological polar surface area (TPSA) is 118 Å². The Morgan fingerprint density at radius 1 is 1.38 bits per heavy atom. The molecule has 1 aliphatic carbocycles. The molecule has 0 spiro atoms. The van der Waals surface area contributed by atoms with Crippen molar-refractivity contribution in [2.75, 3.05) is 11.9 Å². The van der Waals surface area contributed by atoms with Crippen LogP contribution >= 0.6 is 22.7 Å². The number of esters is 1. The normalized spacial score (nSPS) is 12.8. The summed E-state index contributed by atoms with van der Waals surface area (Å²) in [6.45, 7) is 2.07. The molecule has 0 radical (unpaired) electrons. The van der Waals surface area contributed by atoms with E-state index < -0.39 is 4.92 Å². The fourth-order valence-corrected chi connectivity index (χ4v) is 5.53. The number of non-ortho nitro benzene ring substituents is 1. The van der Waals surface area contributed by atoms with E-state index in [9.17, 15) is 20.2 Å². The van der Waals surface area contributed by atoms with E-state index in [0.717, 1.165) is 30.4 Å². The number of aromatic nitrogens is 1. The maximum atomic E-state index is 12.5. The summed E-state index contributed by atoms with van der Waals surface area (Å²) < 4.78 is 5.24. The largest absolute Gasteiger partial charge is 0.462 e. The number of allylic oxidation sites excluding steroid dienone is 1. The quantitative estimate of drug-likeness (QED) is 0.214. The average molecular weight is 467 g/mol. The summed E-state index contributed by atoms with van der Waals surface area (Å²) in [7, 11) is 0. The van der Waals surface area contributed by atoms with Crippen LogP contribution in [0, 0.1) is 21.4 Å². The van der Waals surface area contributed by atoms with Crippen LogP contribution in [0.5, 0.6) is 0 Å². The minimum absolute atomic E-state index is 0.00580. The van der Waals surface area contributed by atoms with Crippen molar-refractivity contribution in [3.63, 3.8) is 0 Å². The first-order valence-corrected chi connectivity index (χ1v) is 11.6. The van der Waals surface area contributed by atoms with Crippen LogP contribution in [0.15, 0.2) is 35.8 Å². The Morgan fingerprint density at radius 3 is 2.84 bits per heavy atom. The summed E-state index contributed by atoms with van der Waals surface area (Å²) in [5.74, 6) is -0.351. The number of anilines is 1. The molecule has 10 heteroatoms. The molecule has 0 saturated carbocycles. The van der Waals surface area contributed by atoms with Crippen molar-refractivity contribution in [3.05, 3.63) is 67.0 Å². The lowest BCUT2D eigenvalue weighted by atomic mass is 10.1. The highest BCUT2D eigenvalue weighted by molar-refractivity contribution is 7.16. The maximum absolute atomic E-state index is 12.5. The molecular formula is C22H18N4O4S2. The molecule has 3 aromatic rings. The first-order chi connectivity index (χ1) is 15.5. The summed E-state index contributed by atoms with van der Waals surface area (Å²) in [6, 6.07) is 8.24. The third-order valence-electron chi connectivity index (χ3n) is 4.98. The van der Waals surface area contributed by atoms with Crippen molar-refractivity contribution < 1.29 is 14.5 Å². The van der Waals surface area contributed by atoms with Crippen LogP contribution < -0.4 is 5.32 Å². The van der Waals surface area contributed by atoms with E-state index in [0.29, 0.717) is 33.4 Å². The van der Waals surface area contributed by atoms with Gasteiger partial charge in [0.05, 0.1) is 22.8 Å². The first kappa shape index (κ1) is 21.7. The molecule has 0 amide bonds. The van der Waals surface area contributed by atoms with Crippen LogP contribution in [0.4, 0.5) is 10.7 Å². The molecule has 1 aromatic carbocycles. The van der Waals surface area contributed by atoms with Gasteiger partial charge in [0, 0.05) is 34.2 Å². The number of carbonyl (C=O) groups excluding carboxylic acids is 1. The van der Waals surface area contributed by atoms with E-state index in [4.69, 9.17) is 4.74 Å². The minimum Gasteiger partial charge on any atom is -0.462 e. The summed E-state index contributed by atoms with van der Waals surface area (Å²) in [5, 5.41) is 26.6. The van der Waals surface area contributed by atoms with Gasteiger partial charge in [-0.3, -0.25) is 10.1 Å². The van der Waals surface area contributed by atoms with Crippen LogP contribution in [-0.2, 0) is 17.6 Å². The number of nitro groups is 1. The fourth-order valence-electron chi connectivity index (χ4n) is 3.49. The lowest BCUT2D eigenvalue weighted by Crippen LogP contribution is -2.08. The van der Waals surface area contributed by atoms with Gasteiger partial charge in [0.15, 0.2) is 0 Å². The number of nitrogens with one attached hydrogen (secondary N) is 1. The Kier molecular flexibility index (Phi) is 6.30. The first-order valence-electron chi connectivity index (χ1n) is 9.91. The van der Waals surface area contributed by atoms with Crippen molar-refractivity contribution in [2.45, 2.75) is 26.2 Å². The highest BCUT2D eigenvalue weighted by atomic mass is 32.1. The molecule has 1 aliphatic rings. The number of thiazole rings is 1. The second-order valence-electron chi connectivity index (χ2n) is 6.94. The van der Waals surface area contributed by atoms with Crippen LogP contribution in [-0.4, -0.2) is 22.5 Å². The Morgan fingerprint density at radius 2 is 2.16 bits per heavy atom. The Balaban J connectivity index is 1.58. The predicted octanol–water partition coefficient (Wildman–Crippen LogP) is 5.42. The smallest absolute Gasteiger partial charge is 0.341 e. The van der Waals surface area contributed by atoms with E-state index in [-0.39, 0.29) is 11.7 Å². The average Bonchev–Trinajstić information content (AvgIpc) is 3.51. The van der Waals surface area contributed by atoms with Crippen molar-refractivity contribution in [3.8, 4) is 17.3 Å². The molecule has 2 aromatic heterocycles. The zero-order chi connectivity index (χ0) is 22.7. The molecule has 0 saturated heterocycles.